The fourth-order valence-electron chi connectivity index (χ4n) is 3.05. The molecule has 140 valence electrons. The number of urea groups is 1. The molecule has 0 unspecified atom stereocenters. The van der Waals surface area contributed by atoms with Crippen LogP contribution in [0.1, 0.15) is 29.2 Å². The van der Waals surface area contributed by atoms with Crippen LogP contribution in [0, 0.1) is 19.7 Å². The van der Waals surface area contributed by atoms with Crippen molar-refractivity contribution in [3.05, 3.63) is 71.2 Å². The van der Waals surface area contributed by atoms with E-state index in [-0.39, 0.29) is 24.1 Å². The first-order valence-corrected chi connectivity index (χ1v) is 8.60. The Bertz CT molecular complexity index is 906. The minimum Gasteiger partial charge on any atom is -0.497 e. The average Bonchev–Trinajstić information content (AvgIpc) is 2.65. The zero-order chi connectivity index (χ0) is 19.6. The number of ketones is 1. The normalized spacial score (nSPS) is 16.4. The number of ether oxygens (including phenoxy) is 1. The summed E-state index contributed by atoms with van der Waals surface area (Å²) in [7, 11) is 1.57. The van der Waals surface area contributed by atoms with E-state index >= 15 is 0 Å². The molecule has 0 bridgehead atoms. The highest BCUT2D eigenvalue weighted by Crippen LogP contribution is 2.31. The Kier molecular flexibility index (Phi) is 5.26. The quantitative estimate of drug-likeness (QED) is 0.867. The molecule has 3 rings (SSSR count). The minimum absolute atomic E-state index is 0.0817. The highest BCUT2D eigenvalue weighted by Gasteiger charge is 2.29. The van der Waals surface area contributed by atoms with Gasteiger partial charge in [-0.05, 0) is 54.8 Å². The number of anilines is 1. The van der Waals surface area contributed by atoms with Gasteiger partial charge in [-0.1, -0.05) is 12.1 Å². The van der Waals surface area contributed by atoms with E-state index in [1.165, 1.54) is 29.3 Å². The number of methoxy groups -OCH3 is 1. The van der Waals surface area contributed by atoms with Crippen LogP contribution >= 0.6 is 0 Å². The third kappa shape index (κ3) is 4.00. The Labute approximate surface area is 157 Å². The molecule has 0 saturated heterocycles. The standard InChI is InChI=1S/C21H21FN2O3/c1-13-10-18(27-3)12-19(14(13)2)23-21(26)24-9-8-17(25)11-20(24)15-4-6-16(22)7-5-15/h4-10,12,20H,11H2,1-3H3,(H,23,26)/t20-/m0/s1. The van der Waals surface area contributed by atoms with Gasteiger partial charge in [-0.15, -0.1) is 0 Å². The number of rotatable bonds is 3. The van der Waals surface area contributed by atoms with E-state index in [0.29, 0.717) is 17.0 Å². The second kappa shape index (κ2) is 7.61. The fourth-order valence-corrected chi connectivity index (χ4v) is 3.05. The van der Waals surface area contributed by atoms with E-state index in [0.717, 1.165) is 11.1 Å². The molecule has 2 aromatic carbocycles. The first-order chi connectivity index (χ1) is 12.9. The molecular weight excluding hydrogens is 347 g/mol. The molecule has 5 nitrogen and oxygen atoms in total. The maximum Gasteiger partial charge on any atom is 0.326 e. The van der Waals surface area contributed by atoms with Crippen molar-refractivity contribution in [1.82, 2.24) is 4.90 Å². The van der Waals surface area contributed by atoms with Crippen LogP contribution in [-0.2, 0) is 4.79 Å². The molecule has 2 aromatic rings. The molecule has 6 heteroatoms. The van der Waals surface area contributed by atoms with Gasteiger partial charge in [-0.3, -0.25) is 9.69 Å². The monoisotopic (exact) mass is 368 g/mol. The summed E-state index contributed by atoms with van der Waals surface area (Å²) in [5.41, 5.74) is 3.26. The van der Waals surface area contributed by atoms with Gasteiger partial charge in [-0.2, -0.15) is 0 Å². The number of allylic oxidation sites excluding steroid dienone is 1. The smallest absolute Gasteiger partial charge is 0.326 e. The van der Waals surface area contributed by atoms with E-state index in [1.54, 1.807) is 25.3 Å². The summed E-state index contributed by atoms with van der Waals surface area (Å²) in [5.74, 6) is 0.199. The number of amides is 2. The highest BCUT2D eigenvalue weighted by molar-refractivity contribution is 5.96. The molecule has 0 aliphatic carbocycles. The topological polar surface area (TPSA) is 58.6 Å². The van der Waals surface area contributed by atoms with Crippen molar-refractivity contribution in [2.75, 3.05) is 12.4 Å². The van der Waals surface area contributed by atoms with Gasteiger partial charge in [-0.25, -0.2) is 9.18 Å². The molecule has 27 heavy (non-hydrogen) atoms. The third-order valence-corrected chi connectivity index (χ3v) is 4.76. The molecule has 2 amide bonds. The fraction of sp³-hybridized carbons (Fsp3) is 0.238. The van der Waals surface area contributed by atoms with Crippen molar-refractivity contribution in [1.29, 1.82) is 0 Å². The largest absolute Gasteiger partial charge is 0.497 e. The number of benzene rings is 2. The molecular formula is C21H21FN2O3. The highest BCUT2D eigenvalue weighted by atomic mass is 19.1. The molecule has 1 N–H and O–H groups in total. The lowest BCUT2D eigenvalue weighted by Crippen LogP contribution is -2.37. The van der Waals surface area contributed by atoms with Crippen LogP contribution < -0.4 is 10.1 Å². The van der Waals surface area contributed by atoms with Crippen molar-refractivity contribution in [2.24, 2.45) is 0 Å². The number of halogens is 1. The zero-order valence-electron chi connectivity index (χ0n) is 15.5. The summed E-state index contributed by atoms with van der Waals surface area (Å²) in [6, 6.07) is 8.62. The van der Waals surface area contributed by atoms with Gasteiger partial charge in [0.25, 0.3) is 0 Å². The second-order valence-electron chi connectivity index (χ2n) is 6.51. The SMILES string of the molecule is COc1cc(C)c(C)c(NC(=O)N2C=CC(=O)C[C@H]2c2ccc(F)cc2)c1. The van der Waals surface area contributed by atoms with Gasteiger partial charge in [0, 0.05) is 24.4 Å². The molecule has 0 spiro atoms. The summed E-state index contributed by atoms with van der Waals surface area (Å²) in [6.07, 6.45) is 2.99. The van der Waals surface area contributed by atoms with Gasteiger partial charge >= 0.3 is 6.03 Å². The lowest BCUT2D eigenvalue weighted by Gasteiger charge is -2.31. The van der Waals surface area contributed by atoms with Crippen LogP contribution in [0.25, 0.3) is 0 Å². The number of aryl methyl sites for hydroxylation is 1. The number of hydrogen-bond donors (Lipinski definition) is 1. The molecule has 0 radical (unpaired) electrons. The van der Waals surface area contributed by atoms with Crippen LogP contribution in [0.15, 0.2) is 48.7 Å². The van der Waals surface area contributed by atoms with Crippen LogP contribution in [0.2, 0.25) is 0 Å². The van der Waals surface area contributed by atoms with E-state index in [9.17, 15) is 14.0 Å². The summed E-state index contributed by atoms with van der Waals surface area (Å²) >= 11 is 0. The maximum absolute atomic E-state index is 13.2. The van der Waals surface area contributed by atoms with Gasteiger partial charge in [0.05, 0.1) is 13.2 Å². The van der Waals surface area contributed by atoms with Crippen molar-refractivity contribution >= 4 is 17.5 Å². The summed E-state index contributed by atoms with van der Waals surface area (Å²) in [4.78, 5) is 26.3. The van der Waals surface area contributed by atoms with Gasteiger partial charge in [0.2, 0.25) is 0 Å². The van der Waals surface area contributed by atoms with Crippen LogP contribution in [0.5, 0.6) is 5.75 Å². The van der Waals surface area contributed by atoms with Gasteiger partial charge < -0.3 is 10.1 Å². The number of nitrogens with one attached hydrogen (secondary N) is 1. The average molecular weight is 368 g/mol. The summed E-state index contributed by atoms with van der Waals surface area (Å²) in [6.45, 7) is 3.85. The lowest BCUT2D eigenvalue weighted by molar-refractivity contribution is -0.116. The number of carbonyl (C=O) groups is 2. The summed E-state index contributed by atoms with van der Waals surface area (Å²) < 4.78 is 18.5. The Balaban J connectivity index is 1.90. The molecule has 1 aliphatic heterocycles. The molecule has 1 atom stereocenters. The van der Waals surface area contributed by atoms with Crippen molar-refractivity contribution in [3.8, 4) is 5.75 Å². The maximum atomic E-state index is 13.2. The number of hydrogen-bond acceptors (Lipinski definition) is 3. The predicted octanol–water partition coefficient (Wildman–Crippen LogP) is 4.51. The third-order valence-electron chi connectivity index (χ3n) is 4.76. The Morgan fingerprint density at radius 2 is 1.93 bits per heavy atom. The van der Waals surface area contributed by atoms with Crippen LogP contribution in [0.3, 0.4) is 0 Å². The van der Waals surface area contributed by atoms with Crippen molar-refractivity contribution in [3.63, 3.8) is 0 Å². The number of nitrogens with zero attached hydrogens (tertiary/aromatic N) is 1. The van der Waals surface area contributed by atoms with Crippen molar-refractivity contribution in [2.45, 2.75) is 26.3 Å². The Hall–Kier alpha value is -3.15. The van der Waals surface area contributed by atoms with E-state index in [2.05, 4.69) is 5.32 Å². The molecule has 1 heterocycles. The molecule has 0 fully saturated rings. The van der Waals surface area contributed by atoms with E-state index in [1.807, 2.05) is 19.9 Å². The summed E-state index contributed by atoms with van der Waals surface area (Å²) in [5, 5.41) is 2.89. The molecule has 1 aliphatic rings. The zero-order valence-corrected chi connectivity index (χ0v) is 15.5. The van der Waals surface area contributed by atoms with Gasteiger partial charge in [0.1, 0.15) is 11.6 Å². The van der Waals surface area contributed by atoms with Crippen LogP contribution in [-0.4, -0.2) is 23.8 Å². The van der Waals surface area contributed by atoms with E-state index in [4.69, 9.17) is 4.74 Å². The first-order valence-electron chi connectivity index (χ1n) is 8.60. The molecule has 0 saturated carbocycles. The minimum atomic E-state index is -0.491. The molecule has 0 aromatic heterocycles. The van der Waals surface area contributed by atoms with Crippen molar-refractivity contribution < 1.29 is 18.7 Å². The Morgan fingerprint density at radius 3 is 2.59 bits per heavy atom. The first kappa shape index (κ1) is 18.6. The van der Waals surface area contributed by atoms with E-state index < -0.39 is 6.04 Å². The number of carbonyl (C=O) groups excluding carboxylic acids is 2. The predicted molar refractivity (Wildman–Crippen MR) is 101 cm³/mol. The lowest BCUT2D eigenvalue weighted by atomic mass is 9.97. The van der Waals surface area contributed by atoms with Gasteiger partial charge in [0.15, 0.2) is 5.78 Å². The Morgan fingerprint density at radius 1 is 1.22 bits per heavy atom. The van der Waals surface area contributed by atoms with Crippen LogP contribution in [0.4, 0.5) is 14.9 Å². The second-order valence-corrected chi connectivity index (χ2v) is 6.51.